The van der Waals surface area contributed by atoms with Crippen LogP contribution in [-0.4, -0.2) is 37.2 Å². The van der Waals surface area contributed by atoms with E-state index >= 15 is 0 Å². The minimum atomic E-state index is -0.774. The Balaban J connectivity index is 4.11. The Kier molecular flexibility index (Phi) is 61.7. The summed E-state index contributed by atoms with van der Waals surface area (Å²) in [4.78, 5) is 38.2. The molecule has 0 amide bonds. The molecule has 6 nitrogen and oxygen atoms in total. The molecule has 0 aliphatic rings. The largest absolute Gasteiger partial charge is 0.462 e. The minimum Gasteiger partial charge on any atom is -0.462 e. The summed E-state index contributed by atoms with van der Waals surface area (Å²) in [6.45, 7) is 6.52. The van der Waals surface area contributed by atoms with Crippen molar-refractivity contribution in [1.82, 2.24) is 0 Å². The van der Waals surface area contributed by atoms with Crippen LogP contribution in [0.1, 0.15) is 335 Å². The van der Waals surface area contributed by atoms with E-state index in [-0.39, 0.29) is 31.1 Å². The highest BCUT2D eigenvalue weighted by Crippen LogP contribution is 2.17. The highest BCUT2D eigenvalue weighted by molar-refractivity contribution is 5.71. The normalized spacial score (nSPS) is 12.5. The molecule has 0 heterocycles. The van der Waals surface area contributed by atoms with Gasteiger partial charge in [-0.2, -0.15) is 0 Å². The Bertz CT molecular complexity index is 1400. The van der Waals surface area contributed by atoms with Gasteiger partial charge in [0.15, 0.2) is 6.10 Å². The van der Waals surface area contributed by atoms with Crippen LogP contribution in [0.5, 0.6) is 0 Å². The molecule has 0 bridgehead atoms. The third-order valence-corrected chi connectivity index (χ3v) is 14.4. The summed E-state index contributed by atoms with van der Waals surface area (Å²) < 4.78 is 16.9. The maximum atomic E-state index is 12.9. The minimum absolute atomic E-state index is 0.0730. The number of hydrogen-bond acceptors (Lipinski definition) is 6. The maximum absolute atomic E-state index is 12.9. The molecule has 0 aliphatic heterocycles. The molecule has 0 radical (unpaired) electrons. The highest BCUT2D eigenvalue weighted by atomic mass is 16.6. The van der Waals surface area contributed by atoms with Gasteiger partial charge in [-0.1, -0.05) is 299 Å². The number of carbonyl (C=O) groups is 3. The first-order valence-corrected chi connectivity index (χ1v) is 32.9. The molecule has 0 spiro atoms. The Labute approximate surface area is 472 Å². The van der Waals surface area contributed by atoms with Crippen molar-refractivity contribution in [2.24, 2.45) is 0 Å². The summed E-state index contributed by atoms with van der Waals surface area (Å²) in [5.41, 5.74) is 0. The van der Waals surface area contributed by atoms with Gasteiger partial charge in [0.1, 0.15) is 13.2 Å². The number of ether oxygens (including phenoxy) is 3. The average molecular weight is 1060 g/mol. The standard InChI is InChI=1S/C70H124O6/c1-4-7-10-13-16-19-21-23-25-27-29-31-32-33-34-35-36-37-38-40-41-43-45-47-49-51-54-57-60-63-69(72)75-66-67(65-74-68(71)62-59-56-53-18-15-12-9-6-3)76-70(73)64-61-58-55-52-50-48-46-44-42-39-30-28-26-24-22-20-17-14-11-8-5-2/h7,10,16,19,22-25,28-31,67H,4-6,8-9,11-15,17-18,20-21,26-27,32-66H2,1-3H3/b10-7-,19-16-,24-22-,25-23-,30-28-,31-29-. The van der Waals surface area contributed by atoms with Gasteiger partial charge in [0.05, 0.1) is 0 Å². The molecule has 0 aliphatic carbocycles. The summed E-state index contributed by atoms with van der Waals surface area (Å²) in [5, 5.41) is 0. The van der Waals surface area contributed by atoms with Crippen LogP contribution in [0.2, 0.25) is 0 Å². The molecule has 0 aromatic rings. The molecular weight excluding hydrogens is 937 g/mol. The number of hydrogen-bond donors (Lipinski definition) is 0. The lowest BCUT2D eigenvalue weighted by atomic mass is 10.0. The first-order chi connectivity index (χ1) is 37.5. The number of esters is 3. The van der Waals surface area contributed by atoms with Crippen molar-refractivity contribution in [3.05, 3.63) is 72.9 Å². The van der Waals surface area contributed by atoms with E-state index in [1.807, 2.05) is 0 Å². The van der Waals surface area contributed by atoms with E-state index in [1.165, 1.54) is 205 Å². The van der Waals surface area contributed by atoms with Gasteiger partial charge in [-0.05, 0) is 89.9 Å². The monoisotopic (exact) mass is 1060 g/mol. The molecule has 6 heteroatoms. The number of rotatable bonds is 60. The fraction of sp³-hybridized carbons (Fsp3) is 0.786. The van der Waals surface area contributed by atoms with Crippen LogP contribution in [0, 0.1) is 0 Å². The Hall–Kier alpha value is -3.15. The molecule has 1 unspecified atom stereocenters. The lowest BCUT2D eigenvalue weighted by molar-refractivity contribution is -0.167. The van der Waals surface area contributed by atoms with Gasteiger partial charge < -0.3 is 14.2 Å². The number of allylic oxidation sites excluding steroid dienone is 12. The van der Waals surface area contributed by atoms with E-state index in [0.717, 1.165) is 89.9 Å². The third kappa shape index (κ3) is 61.7. The fourth-order valence-electron chi connectivity index (χ4n) is 9.53. The average Bonchev–Trinajstić information content (AvgIpc) is 3.42. The quantitative estimate of drug-likeness (QED) is 0.0261. The molecule has 1 atom stereocenters. The predicted octanol–water partition coefficient (Wildman–Crippen LogP) is 22.5. The van der Waals surface area contributed by atoms with Crippen LogP contribution in [0.25, 0.3) is 0 Å². The van der Waals surface area contributed by atoms with Crippen LogP contribution in [0.3, 0.4) is 0 Å². The van der Waals surface area contributed by atoms with E-state index in [1.54, 1.807) is 0 Å². The molecule has 0 fully saturated rings. The van der Waals surface area contributed by atoms with Crippen LogP contribution in [-0.2, 0) is 28.6 Å². The van der Waals surface area contributed by atoms with E-state index < -0.39 is 6.10 Å². The first-order valence-electron chi connectivity index (χ1n) is 32.9. The highest BCUT2D eigenvalue weighted by Gasteiger charge is 2.19. The van der Waals surface area contributed by atoms with E-state index in [2.05, 4.69) is 93.7 Å². The smallest absolute Gasteiger partial charge is 0.306 e. The second-order valence-corrected chi connectivity index (χ2v) is 22.0. The summed E-state index contributed by atoms with van der Waals surface area (Å²) >= 11 is 0. The van der Waals surface area contributed by atoms with Crippen LogP contribution in [0.15, 0.2) is 72.9 Å². The summed E-state index contributed by atoms with van der Waals surface area (Å²) in [6.07, 6.45) is 83.6. The number of carbonyl (C=O) groups excluding carboxylic acids is 3. The van der Waals surface area contributed by atoms with E-state index in [9.17, 15) is 14.4 Å². The molecular formula is C70H124O6. The van der Waals surface area contributed by atoms with Gasteiger partial charge >= 0.3 is 17.9 Å². The Morgan fingerprint density at radius 2 is 0.513 bits per heavy atom. The molecule has 0 aromatic heterocycles. The Morgan fingerprint density at radius 3 is 0.803 bits per heavy atom. The molecule has 0 rings (SSSR count). The van der Waals surface area contributed by atoms with Crippen LogP contribution < -0.4 is 0 Å². The van der Waals surface area contributed by atoms with E-state index in [4.69, 9.17) is 14.2 Å². The van der Waals surface area contributed by atoms with Gasteiger partial charge in [-0.3, -0.25) is 14.4 Å². The SMILES string of the molecule is CC/C=C\C/C=C\C/C=C\C/C=C\CCCCCCCCCCCCCCCCCCC(=O)OCC(COC(=O)CCCCCCCCCC)OC(=O)CCCCCCCCCCC/C=C\C/C=C\CCCCCCC. The molecule has 0 saturated carbocycles. The van der Waals surface area contributed by atoms with Crippen molar-refractivity contribution in [2.45, 2.75) is 341 Å². The second-order valence-electron chi connectivity index (χ2n) is 22.0. The van der Waals surface area contributed by atoms with Gasteiger partial charge in [0.2, 0.25) is 0 Å². The zero-order chi connectivity index (χ0) is 55.0. The topological polar surface area (TPSA) is 78.9 Å². The zero-order valence-corrected chi connectivity index (χ0v) is 50.5. The lowest BCUT2D eigenvalue weighted by Gasteiger charge is -2.18. The zero-order valence-electron chi connectivity index (χ0n) is 50.5. The van der Waals surface area contributed by atoms with Crippen LogP contribution >= 0.6 is 0 Å². The van der Waals surface area contributed by atoms with Crippen molar-refractivity contribution in [3.63, 3.8) is 0 Å². The van der Waals surface area contributed by atoms with Gasteiger partial charge in [0, 0.05) is 19.3 Å². The summed E-state index contributed by atoms with van der Waals surface area (Å²) in [6, 6.07) is 0. The number of unbranched alkanes of at least 4 members (excludes halogenated alkanes) is 37. The Morgan fingerprint density at radius 1 is 0.276 bits per heavy atom. The summed E-state index contributed by atoms with van der Waals surface area (Å²) in [7, 11) is 0. The van der Waals surface area contributed by atoms with Crippen molar-refractivity contribution in [1.29, 1.82) is 0 Å². The third-order valence-electron chi connectivity index (χ3n) is 14.4. The van der Waals surface area contributed by atoms with Gasteiger partial charge in [-0.25, -0.2) is 0 Å². The van der Waals surface area contributed by atoms with Crippen molar-refractivity contribution < 1.29 is 28.6 Å². The van der Waals surface area contributed by atoms with Gasteiger partial charge in [0.25, 0.3) is 0 Å². The molecule has 0 saturated heterocycles. The molecule has 0 aromatic carbocycles. The predicted molar refractivity (Wildman–Crippen MR) is 330 cm³/mol. The van der Waals surface area contributed by atoms with Crippen LogP contribution in [0.4, 0.5) is 0 Å². The maximum Gasteiger partial charge on any atom is 0.306 e. The molecule has 76 heavy (non-hydrogen) atoms. The molecule has 0 N–H and O–H groups in total. The van der Waals surface area contributed by atoms with E-state index in [0.29, 0.717) is 19.3 Å². The van der Waals surface area contributed by atoms with Gasteiger partial charge in [-0.15, -0.1) is 0 Å². The fourth-order valence-corrected chi connectivity index (χ4v) is 9.53. The van der Waals surface area contributed by atoms with Crippen molar-refractivity contribution in [2.75, 3.05) is 13.2 Å². The lowest BCUT2D eigenvalue weighted by Crippen LogP contribution is -2.30. The molecule has 440 valence electrons. The second kappa shape index (κ2) is 64.4. The van der Waals surface area contributed by atoms with Crippen molar-refractivity contribution in [3.8, 4) is 0 Å². The summed E-state index contributed by atoms with van der Waals surface area (Å²) in [5.74, 6) is -0.865. The van der Waals surface area contributed by atoms with Crippen molar-refractivity contribution >= 4 is 17.9 Å². The first kappa shape index (κ1) is 72.8.